The Morgan fingerprint density at radius 2 is 1.81 bits per heavy atom. The molecule has 1 amide bonds. The number of carbonyl (C=O) groups is 3. The summed E-state index contributed by atoms with van der Waals surface area (Å²) in [6.07, 6.45) is 1.95. The summed E-state index contributed by atoms with van der Waals surface area (Å²) in [5, 5.41) is 17.9. The molecule has 1 heterocycles. The maximum Gasteiger partial charge on any atom is 0.328 e. The number of carbonyl (C=O) groups excluding carboxylic acids is 2. The first-order valence-corrected chi connectivity index (χ1v) is 10.3. The molecule has 1 saturated heterocycles. The number of carboxylic acids is 2. The second kappa shape index (κ2) is 12.5. The summed E-state index contributed by atoms with van der Waals surface area (Å²) in [6.45, 7) is 2.06. The lowest BCUT2D eigenvalue weighted by Gasteiger charge is -2.27. The molecule has 32 heavy (non-hydrogen) atoms. The summed E-state index contributed by atoms with van der Waals surface area (Å²) in [6, 6.07) is 17.1. The summed E-state index contributed by atoms with van der Waals surface area (Å²) in [4.78, 5) is 35.2. The van der Waals surface area contributed by atoms with Gasteiger partial charge in [0.15, 0.2) is 6.61 Å². The lowest BCUT2D eigenvalue weighted by Crippen LogP contribution is -3.07. The summed E-state index contributed by atoms with van der Waals surface area (Å²) in [5.74, 6) is -2.17. The Balaban J connectivity index is 0.000000390. The Bertz CT molecular complexity index is 917. The standard InChI is InChI=1S/C19H21ClN2O2.C4H4O4/c1-21-12-11-17(13-21)22(16-5-3-2-4-6-16)19(23)14-24-18-9-7-15(20)8-10-18;5-3(6)1-2-4(7)8/h2-10,17H,11-14H2,1H3;1-2H,(H,5,6)(H,7,8)/b;2-1-. The summed E-state index contributed by atoms with van der Waals surface area (Å²) in [5.41, 5.74) is 0.932. The van der Waals surface area contributed by atoms with Crippen LogP contribution in [0.5, 0.6) is 5.75 Å². The monoisotopic (exact) mass is 460 g/mol. The van der Waals surface area contributed by atoms with Crippen molar-refractivity contribution in [3.63, 3.8) is 0 Å². The number of carboxylic acid groups (broad SMARTS) is 2. The number of quaternary nitrogens is 1. The van der Waals surface area contributed by atoms with E-state index >= 15 is 0 Å². The molecule has 2 atom stereocenters. The number of rotatable bonds is 7. The van der Waals surface area contributed by atoms with Crippen LogP contribution in [0.1, 0.15) is 6.42 Å². The number of likely N-dealkylation sites (tertiary alicyclic amines) is 1. The van der Waals surface area contributed by atoms with Crippen molar-refractivity contribution in [1.29, 1.82) is 0 Å². The number of anilines is 1. The van der Waals surface area contributed by atoms with Gasteiger partial charge in [-0.3, -0.25) is 4.79 Å². The lowest BCUT2D eigenvalue weighted by atomic mass is 10.2. The van der Waals surface area contributed by atoms with E-state index in [0.717, 1.165) is 25.2 Å². The van der Waals surface area contributed by atoms with E-state index < -0.39 is 11.9 Å². The molecule has 1 fully saturated rings. The third-order valence-corrected chi connectivity index (χ3v) is 4.95. The van der Waals surface area contributed by atoms with Gasteiger partial charge >= 0.3 is 5.97 Å². The summed E-state index contributed by atoms with van der Waals surface area (Å²) < 4.78 is 5.66. The number of aliphatic carboxylic acids is 2. The van der Waals surface area contributed by atoms with Crippen LogP contribution in [0.3, 0.4) is 0 Å². The molecule has 0 radical (unpaired) electrons. The molecule has 2 N–H and O–H groups in total. The zero-order valence-corrected chi connectivity index (χ0v) is 18.3. The number of benzene rings is 2. The average Bonchev–Trinajstić information content (AvgIpc) is 3.19. The highest BCUT2D eigenvalue weighted by Gasteiger charge is 2.33. The Labute approximate surface area is 191 Å². The lowest BCUT2D eigenvalue weighted by molar-refractivity contribution is -0.866. The second-order valence-corrected chi connectivity index (χ2v) is 7.62. The van der Waals surface area contributed by atoms with E-state index in [0.29, 0.717) is 22.9 Å². The van der Waals surface area contributed by atoms with Crippen molar-refractivity contribution >= 4 is 35.1 Å². The predicted molar refractivity (Wildman–Crippen MR) is 118 cm³/mol. The highest BCUT2D eigenvalue weighted by molar-refractivity contribution is 6.30. The van der Waals surface area contributed by atoms with E-state index in [4.69, 9.17) is 21.4 Å². The fraction of sp³-hybridized carbons (Fsp3) is 0.261. The van der Waals surface area contributed by atoms with E-state index in [1.54, 1.807) is 24.3 Å². The SMILES string of the molecule is C[NH+]1CCC(N(C(=O)COc2ccc(Cl)cc2)c2ccccc2)C1.O=C([O-])/C=C\C(=O)O. The zero-order valence-electron chi connectivity index (χ0n) is 17.6. The van der Waals surface area contributed by atoms with Crippen LogP contribution < -0.4 is 19.6 Å². The summed E-state index contributed by atoms with van der Waals surface area (Å²) >= 11 is 5.87. The number of para-hydroxylation sites is 1. The molecule has 170 valence electrons. The van der Waals surface area contributed by atoms with Crippen LogP contribution in [0, 0.1) is 0 Å². The number of halogens is 1. The molecule has 0 spiro atoms. The van der Waals surface area contributed by atoms with Gasteiger partial charge in [0.25, 0.3) is 5.91 Å². The van der Waals surface area contributed by atoms with Crippen LogP contribution in [0.4, 0.5) is 5.69 Å². The number of hydrogen-bond donors (Lipinski definition) is 2. The first-order chi connectivity index (χ1) is 15.3. The fourth-order valence-electron chi connectivity index (χ4n) is 3.27. The van der Waals surface area contributed by atoms with Crippen LogP contribution in [0.2, 0.25) is 5.02 Å². The summed E-state index contributed by atoms with van der Waals surface area (Å²) in [7, 11) is 2.16. The van der Waals surface area contributed by atoms with Crippen LogP contribution >= 0.6 is 11.6 Å². The Morgan fingerprint density at radius 1 is 1.16 bits per heavy atom. The van der Waals surface area contributed by atoms with E-state index in [2.05, 4.69) is 7.05 Å². The molecular formula is C23H25ClN2O6. The molecule has 9 heteroatoms. The molecule has 1 aliphatic rings. The fourth-order valence-corrected chi connectivity index (χ4v) is 3.40. The van der Waals surface area contributed by atoms with Crippen molar-refractivity contribution in [3.05, 3.63) is 71.8 Å². The number of ether oxygens (including phenoxy) is 1. The third kappa shape index (κ3) is 8.41. The number of hydrogen-bond acceptors (Lipinski definition) is 5. The third-order valence-electron chi connectivity index (χ3n) is 4.69. The van der Waals surface area contributed by atoms with Gasteiger partial charge in [0, 0.05) is 23.2 Å². The van der Waals surface area contributed by atoms with Crippen molar-refractivity contribution in [3.8, 4) is 5.75 Å². The van der Waals surface area contributed by atoms with Gasteiger partial charge in [0.05, 0.1) is 32.1 Å². The van der Waals surface area contributed by atoms with Gasteiger partial charge in [0.1, 0.15) is 5.75 Å². The molecule has 0 bridgehead atoms. The molecule has 2 aromatic rings. The molecule has 8 nitrogen and oxygen atoms in total. The number of amides is 1. The van der Waals surface area contributed by atoms with Gasteiger partial charge < -0.3 is 29.5 Å². The molecule has 0 aromatic heterocycles. The second-order valence-electron chi connectivity index (χ2n) is 7.19. The van der Waals surface area contributed by atoms with Gasteiger partial charge in [-0.05, 0) is 42.5 Å². The Hall–Kier alpha value is -3.36. The number of nitrogens with one attached hydrogen (secondary N) is 1. The average molecular weight is 461 g/mol. The van der Waals surface area contributed by atoms with Crippen LogP contribution in [0.25, 0.3) is 0 Å². The smallest absolute Gasteiger partial charge is 0.328 e. The van der Waals surface area contributed by atoms with Crippen molar-refractivity contribution in [2.45, 2.75) is 12.5 Å². The topological polar surface area (TPSA) is 111 Å². The van der Waals surface area contributed by atoms with E-state index in [1.165, 1.54) is 4.90 Å². The highest BCUT2D eigenvalue weighted by atomic mass is 35.5. The van der Waals surface area contributed by atoms with E-state index in [9.17, 15) is 19.5 Å². The molecule has 2 unspecified atom stereocenters. The highest BCUT2D eigenvalue weighted by Crippen LogP contribution is 2.20. The first-order valence-electron chi connectivity index (χ1n) is 9.95. The molecule has 0 saturated carbocycles. The molecular weight excluding hydrogens is 436 g/mol. The molecule has 2 aromatic carbocycles. The zero-order chi connectivity index (χ0) is 23.5. The Kier molecular flexibility index (Phi) is 9.72. The quantitative estimate of drug-likeness (QED) is 0.579. The Morgan fingerprint density at radius 3 is 2.31 bits per heavy atom. The van der Waals surface area contributed by atoms with E-state index in [1.807, 2.05) is 35.2 Å². The van der Waals surface area contributed by atoms with Crippen molar-refractivity contribution in [2.75, 3.05) is 31.6 Å². The van der Waals surface area contributed by atoms with Crippen LogP contribution in [-0.2, 0) is 14.4 Å². The van der Waals surface area contributed by atoms with Crippen molar-refractivity contribution in [1.82, 2.24) is 0 Å². The largest absolute Gasteiger partial charge is 0.545 e. The minimum absolute atomic E-state index is 0.0177. The number of likely N-dealkylation sites (N-methyl/N-ethyl adjacent to an activating group) is 1. The molecule has 0 aliphatic carbocycles. The maximum absolute atomic E-state index is 12.8. The van der Waals surface area contributed by atoms with Gasteiger partial charge in [-0.2, -0.15) is 0 Å². The van der Waals surface area contributed by atoms with Crippen molar-refractivity contribution in [2.24, 2.45) is 0 Å². The minimum Gasteiger partial charge on any atom is -0.545 e. The van der Waals surface area contributed by atoms with Gasteiger partial charge in [-0.25, -0.2) is 4.79 Å². The predicted octanol–water partition coefficient (Wildman–Crippen LogP) is 0.416. The van der Waals surface area contributed by atoms with Gasteiger partial charge in [-0.15, -0.1) is 0 Å². The maximum atomic E-state index is 12.8. The molecule has 1 aliphatic heterocycles. The van der Waals surface area contributed by atoms with Crippen LogP contribution in [0.15, 0.2) is 66.7 Å². The van der Waals surface area contributed by atoms with Gasteiger partial charge in [-0.1, -0.05) is 29.8 Å². The van der Waals surface area contributed by atoms with Crippen molar-refractivity contribution < 1.29 is 34.2 Å². The minimum atomic E-state index is -1.51. The van der Waals surface area contributed by atoms with Crippen LogP contribution in [-0.4, -0.2) is 55.7 Å². The van der Waals surface area contributed by atoms with Gasteiger partial charge in [0.2, 0.25) is 0 Å². The van der Waals surface area contributed by atoms with E-state index in [-0.39, 0.29) is 18.6 Å². The normalized spacial score (nSPS) is 17.3. The first kappa shape index (κ1) is 24.9. The number of nitrogens with zero attached hydrogens (tertiary/aromatic N) is 1. The molecule has 3 rings (SSSR count).